The number of nitriles is 2. The lowest BCUT2D eigenvalue weighted by Crippen LogP contribution is -2.55. The number of hydrogen-bond acceptors (Lipinski definition) is 8. The van der Waals surface area contributed by atoms with E-state index in [1.54, 1.807) is 4.90 Å². The van der Waals surface area contributed by atoms with Gasteiger partial charge in [0.05, 0.1) is 18.5 Å². The summed E-state index contributed by atoms with van der Waals surface area (Å²) in [6.45, 7) is 10.2. The minimum absolute atomic E-state index is 0.162. The molecule has 9 heteroatoms. The van der Waals surface area contributed by atoms with Crippen molar-refractivity contribution in [1.29, 1.82) is 10.5 Å². The van der Waals surface area contributed by atoms with Crippen molar-refractivity contribution in [3.63, 3.8) is 0 Å². The third-order valence-corrected chi connectivity index (χ3v) is 9.53. The number of anilines is 2. The molecule has 2 aromatic carbocycles. The molecule has 0 bridgehead atoms. The van der Waals surface area contributed by atoms with Crippen molar-refractivity contribution >= 4 is 28.2 Å². The summed E-state index contributed by atoms with van der Waals surface area (Å²) in [7, 11) is 2.11. The van der Waals surface area contributed by atoms with Crippen LogP contribution in [0.1, 0.15) is 41.5 Å². The lowest BCUT2D eigenvalue weighted by Gasteiger charge is -2.42. The number of piperazine rings is 1. The zero-order chi connectivity index (χ0) is 30.8. The van der Waals surface area contributed by atoms with E-state index in [9.17, 15) is 15.3 Å². The molecule has 44 heavy (non-hydrogen) atoms. The molecule has 4 heterocycles. The van der Waals surface area contributed by atoms with Crippen LogP contribution in [0, 0.1) is 29.6 Å². The normalized spacial score (nSPS) is 20.2. The molecule has 3 aromatic rings. The standard InChI is InChI=1S/C35H39N7O2/c1-4-32(43)42-19-18-41(21-26(42)13-15-36)34-28-14-17-40(31-12-6-10-25-9-5-8-24(2)33(25)31)22-30(28)29(20-37)35(38-34)44-23-27-11-7-16-39(27)3/h4-6,8-10,12,26-27H,1,7,11,13-14,16-19,21-23H2,2-3H3. The van der Waals surface area contributed by atoms with E-state index in [4.69, 9.17) is 9.72 Å². The molecular formula is C35H39N7O2. The molecule has 3 aliphatic rings. The second-order valence-corrected chi connectivity index (χ2v) is 12.1. The highest BCUT2D eigenvalue weighted by molar-refractivity contribution is 5.97. The summed E-state index contributed by atoms with van der Waals surface area (Å²) in [5.74, 6) is 1.01. The average molecular weight is 590 g/mol. The first-order chi connectivity index (χ1) is 21.4. The third kappa shape index (κ3) is 5.44. The molecule has 2 unspecified atom stereocenters. The van der Waals surface area contributed by atoms with Crippen molar-refractivity contribution in [2.24, 2.45) is 0 Å². The Hall–Kier alpha value is -4.60. The maximum atomic E-state index is 12.6. The molecule has 1 aromatic heterocycles. The minimum atomic E-state index is -0.275. The van der Waals surface area contributed by atoms with Gasteiger partial charge in [0.2, 0.25) is 11.8 Å². The summed E-state index contributed by atoms with van der Waals surface area (Å²) >= 11 is 0. The minimum Gasteiger partial charge on any atom is -0.475 e. The number of likely N-dealkylation sites (N-methyl/N-ethyl adjacent to an activating group) is 1. The van der Waals surface area contributed by atoms with E-state index in [0.717, 1.165) is 55.0 Å². The Morgan fingerprint density at radius 2 is 1.91 bits per heavy atom. The molecule has 0 aliphatic carbocycles. The van der Waals surface area contributed by atoms with Crippen molar-refractivity contribution in [2.75, 3.05) is 56.2 Å². The predicted molar refractivity (Wildman–Crippen MR) is 172 cm³/mol. The summed E-state index contributed by atoms with van der Waals surface area (Å²) < 4.78 is 6.41. The Bertz CT molecular complexity index is 1670. The van der Waals surface area contributed by atoms with Crippen LogP contribution in [0.3, 0.4) is 0 Å². The number of ether oxygens (including phenoxy) is 1. The number of carbonyl (C=O) groups is 1. The van der Waals surface area contributed by atoms with Gasteiger partial charge in [0.25, 0.3) is 0 Å². The van der Waals surface area contributed by atoms with Gasteiger partial charge in [-0.05, 0) is 62.9 Å². The first-order valence-electron chi connectivity index (χ1n) is 15.5. The molecule has 2 atom stereocenters. The smallest absolute Gasteiger partial charge is 0.246 e. The summed E-state index contributed by atoms with van der Waals surface area (Å²) in [5.41, 5.74) is 4.89. The second-order valence-electron chi connectivity index (χ2n) is 12.1. The fourth-order valence-corrected chi connectivity index (χ4v) is 7.14. The maximum Gasteiger partial charge on any atom is 0.246 e. The van der Waals surface area contributed by atoms with Crippen molar-refractivity contribution in [1.82, 2.24) is 14.8 Å². The van der Waals surface area contributed by atoms with E-state index >= 15 is 0 Å². The number of carbonyl (C=O) groups excluding carboxylic acids is 1. The van der Waals surface area contributed by atoms with Crippen LogP contribution in [0.15, 0.2) is 49.1 Å². The van der Waals surface area contributed by atoms with E-state index in [1.807, 2.05) is 0 Å². The van der Waals surface area contributed by atoms with Crippen LogP contribution in [0.25, 0.3) is 10.8 Å². The lowest BCUT2D eigenvalue weighted by molar-refractivity contribution is -0.128. The highest BCUT2D eigenvalue weighted by atomic mass is 16.5. The van der Waals surface area contributed by atoms with Gasteiger partial charge in [0.15, 0.2) is 0 Å². The van der Waals surface area contributed by atoms with Gasteiger partial charge < -0.3 is 24.3 Å². The molecular weight excluding hydrogens is 550 g/mol. The molecule has 226 valence electrons. The fourth-order valence-electron chi connectivity index (χ4n) is 7.14. The molecule has 9 nitrogen and oxygen atoms in total. The van der Waals surface area contributed by atoms with Gasteiger partial charge >= 0.3 is 0 Å². The highest BCUT2D eigenvalue weighted by Gasteiger charge is 2.35. The predicted octanol–water partition coefficient (Wildman–Crippen LogP) is 4.57. The number of rotatable bonds is 7. The van der Waals surface area contributed by atoms with Crippen LogP contribution >= 0.6 is 0 Å². The molecule has 3 aliphatic heterocycles. The van der Waals surface area contributed by atoms with Gasteiger partial charge in [-0.25, -0.2) is 0 Å². The highest BCUT2D eigenvalue weighted by Crippen LogP contribution is 2.39. The van der Waals surface area contributed by atoms with Gasteiger partial charge in [-0.15, -0.1) is 0 Å². The van der Waals surface area contributed by atoms with Gasteiger partial charge in [0.1, 0.15) is 24.1 Å². The third-order valence-electron chi connectivity index (χ3n) is 9.53. The Morgan fingerprint density at radius 3 is 2.64 bits per heavy atom. The number of fused-ring (bicyclic) bond motifs is 2. The molecule has 2 saturated heterocycles. The molecule has 2 fully saturated rings. The van der Waals surface area contributed by atoms with E-state index in [1.165, 1.54) is 22.4 Å². The Labute approximate surface area is 259 Å². The molecule has 0 spiro atoms. The summed E-state index contributed by atoms with van der Waals surface area (Å²) in [6, 6.07) is 17.5. The van der Waals surface area contributed by atoms with Crippen LogP contribution in [-0.4, -0.2) is 79.2 Å². The summed E-state index contributed by atoms with van der Waals surface area (Å²) in [6.07, 6.45) is 4.44. The van der Waals surface area contributed by atoms with Gasteiger partial charge in [0, 0.05) is 61.0 Å². The number of benzene rings is 2. The maximum absolute atomic E-state index is 12.6. The number of hydrogen-bond donors (Lipinski definition) is 0. The van der Waals surface area contributed by atoms with Crippen molar-refractivity contribution in [3.05, 3.63) is 71.3 Å². The lowest BCUT2D eigenvalue weighted by atomic mass is 9.94. The SMILES string of the molecule is C=CC(=O)N1CCN(c2nc(OCC3CCCN3C)c(C#N)c3c2CCN(c2cccc4cccc(C)c24)C3)CC1CC#N. The monoisotopic (exact) mass is 589 g/mol. The quantitative estimate of drug-likeness (QED) is 0.370. The Morgan fingerprint density at radius 1 is 1.09 bits per heavy atom. The van der Waals surface area contributed by atoms with Crippen LogP contribution in [0.5, 0.6) is 5.88 Å². The number of nitrogens with zero attached hydrogens (tertiary/aromatic N) is 7. The van der Waals surface area contributed by atoms with E-state index in [-0.39, 0.29) is 24.4 Å². The molecule has 0 N–H and O–H groups in total. The number of amides is 1. The molecule has 0 radical (unpaired) electrons. The fraction of sp³-hybridized carbons (Fsp3) is 0.429. The van der Waals surface area contributed by atoms with E-state index in [2.05, 4.69) is 83.8 Å². The molecule has 0 saturated carbocycles. The zero-order valence-corrected chi connectivity index (χ0v) is 25.6. The Balaban J connectivity index is 1.41. The molecule has 6 rings (SSSR count). The van der Waals surface area contributed by atoms with Crippen molar-refractivity contribution in [3.8, 4) is 18.0 Å². The van der Waals surface area contributed by atoms with Gasteiger partial charge in [-0.3, -0.25) is 4.79 Å². The van der Waals surface area contributed by atoms with Crippen LogP contribution in [0.2, 0.25) is 0 Å². The average Bonchev–Trinajstić information content (AvgIpc) is 3.46. The largest absolute Gasteiger partial charge is 0.475 e. The van der Waals surface area contributed by atoms with Crippen molar-refractivity contribution < 1.29 is 9.53 Å². The van der Waals surface area contributed by atoms with Crippen LogP contribution in [-0.2, 0) is 17.8 Å². The van der Waals surface area contributed by atoms with E-state index < -0.39 is 0 Å². The molecule has 1 amide bonds. The van der Waals surface area contributed by atoms with Crippen LogP contribution in [0.4, 0.5) is 11.5 Å². The first-order valence-corrected chi connectivity index (χ1v) is 15.5. The van der Waals surface area contributed by atoms with Gasteiger partial charge in [-0.1, -0.05) is 36.9 Å². The van der Waals surface area contributed by atoms with Gasteiger partial charge in [-0.2, -0.15) is 15.5 Å². The van der Waals surface area contributed by atoms with Crippen molar-refractivity contribution in [2.45, 2.75) is 51.2 Å². The number of aromatic nitrogens is 1. The second kappa shape index (κ2) is 12.6. The Kier molecular flexibility index (Phi) is 8.41. The topological polar surface area (TPSA) is 99.7 Å². The zero-order valence-electron chi connectivity index (χ0n) is 25.6. The number of pyridine rings is 1. The van der Waals surface area contributed by atoms with E-state index in [0.29, 0.717) is 44.2 Å². The van der Waals surface area contributed by atoms with Crippen LogP contribution < -0.4 is 14.5 Å². The summed E-state index contributed by atoms with van der Waals surface area (Å²) in [4.78, 5) is 26.2. The first kappa shape index (κ1) is 29.5. The summed E-state index contributed by atoms with van der Waals surface area (Å²) in [5, 5.41) is 22.5. The number of likely N-dealkylation sites (tertiary alicyclic amines) is 1. The number of aryl methyl sites for hydroxylation is 1.